The van der Waals surface area contributed by atoms with E-state index in [2.05, 4.69) is 15.1 Å². The molecular weight excluding hydrogens is 776 g/mol. The first-order valence-corrected chi connectivity index (χ1v) is 13.5. The number of aromatic nitrogens is 2. The van der Waals surface area contributed by atoms with Crippen molar-refractivity contribution in [3.05, 3.63) is 52.6 Å². The van der Waals surface area contributed by atoms with Crippen LogP contribution in [0.4, 0.5) is 71.5 Å². The number of alkyl halides is 16. The Morgan fingerprint density at radius 2 is 1.13 bits per heavy atom. The van der Waals surface area contributed by atoms with Gasteiger partial charge in [0, 0.05) is 12.2 Å². The summed E-state index contributed by atoms with van der Waals surface area (Å²) in [7, 11) is 0. The molecule has 2 aromatic heterocycles. The van der Waals surface area contributed by atoms with E-state index in [-0.39, 0.29) is 42.1 Å². The Hall–Kier alpha value is -2.63. The molecule has 0 saturated carbocycles. The number of unbranched alkanes of at least 4 members (excludes halogenated alkanes) is 1. The Morgan fingerprint density at radius 3 is 1.51 bits per heavy atom. The molecule has 3 atom stereocenters. The van der Waals surface area contributed by atoms with Gasteiger partial charge in [0.25, 0.3) is 0 Å². The number of aliphatic hydroxyl groups is 1. The van der Waals surface area contributed by atoms with E-state index in [9.17, 15) is 71.0 Å². The zero-order valence-corrected chi connectivity index (χ0v) is 23.7. The predicted octanol–water partition coefficient (Wildman–Crippen LogP) is 7.87. The van der Waals surface area contributed by atoms with Gasteiger partial charge in [-0.1, -0.05) is 22.6 Å². The first-order valence-electron chi connectivity index (χ1n) is 12.0. The second-order valence-electron chi connectivity index (χ2n) is 9.21. The lowest BCUT2D eigenvalue weighted by Crippen LogP contribution is -2.48. The highest BCUT2D eigenvalue weighted by Gasteiger charge is 2.55. The third kappa shape index (κ3) is 8.80. The number of hydrogen-bond acceptors (Lipinski definition) is 6. The summed E-state index contributed by atoms with van der Waals surface area (Å²) in [5.41, 5.74) is -13.3. The number of nitrogens with zero attached hydrogens (tertiary/aromatic N) is 4. The molecule has 3 heterocycles. The molecule has 0 spiro atoms. The van der Waals surface area contributed by atoms with E-state index in [0.717, 1.165) is 0 Å². The first kappa shape index (κ1) is 36.8. The second kappa shape index (κ2) is 12.9. The summed E-state index contributed by atoms with van der Waals surface area (Å²) in [4.78, 5) is 4.82. The van der Waals surface area contributed by atoms with E-state index in [0.29, 0.717) is 4.43 Å². The van der Waals surface area contributed by atoms with Crippen LogP contribution in [0.15, 0.2) is 29.4 Å². The van der Waals surface area contributed by atoms with Gasteiger partial charge in [-0.15, -0.1) is 0 Å². The second-order valence-corrected chi connectivity index (χ2v) is 10.3. The van der Waals surface area contributed by atoms with E-state index < -0.39 is 95.5 Å². The average Bonchev–Trinajstić information content (AvgIpc) is 3.22. The van der Waals surface area contributed by atoms with Gasteiger partial charge in [-0.05, 0) is 41.5 Å². The average molecular weight is 792 g/mol. The summed E-state index contributed by atoms with van der Waals surface area (Å²) >= 11 is 1.86. The standard InChI is InChI=1S/C23H16F15IN4O2/c24-19(25,26)11-5-9(6-12(40-11)20(27,28)29)16-15(17(23(36,37)38)45-4-2-1-3-39)18(44)43(42-16)10-7-13(21(30,31)32)41-14(8-10)22(33,34)35/h5-8,15,17-18,44H,1-4H2. The molecule has 252 valence electrons. The molecule has 0 radical (unpaired) electrons. The van der Waals surface area contributed by atoms with Crippen LogP contribution in [-0.4, -0.2) is 50.3 Å². The van der Waals surface area contributed by atoms with E-state index in [1.54, 1.807) is 0 Å². The van der Waals surface area contributed by atoms with Crippen molar-refractivity contribution in [1.29, 1.82) is 0 Å². The number of pyridine rings is 2. The quantitative estimate of drug-likeness (QED) is 0.128. The highest BCUT2D eigenvalue weighted by molar-refractivity contribution is 14.1. The molecule has 3 rings (SSSR count). The maximum atomic E-state index is 14.3. The lowest BCUT2D eigenvalue weighted by Gasteiger charge is -2.31. The van der Waals surface area contributed by atoms with Gasteiger partial charge in [0.05, 0.1) is 17.3 Å². The van der Waals surface area contributed by atoms with Crippen molar-refractivity contribution >= 4 is 34.0 Å². The molecule has 1 N–H and O–H groups in total. The minimum Gasteiger partial charge on any atom is -0.371 e. The SMILES string of the molecule is OC1C(C(OCCCCI)C(F)(F)F)C(c2cc(C(F)(F)F)nc(C(F)(F)F)c2)=NN1c1cc(C(F)(F)F)nc(C(F)(F)F)c1. The zero-order valence-electron chi connectivity index (χ0n) is 21.6. The zero-order chi connectivity index (χ0) is 34.3. The van der Waals surface area contributed by atoms with Crippen LogP contribution in [0.3, 0.4) is 0 Å². The topological polar surface area (TPSA) is 70.8 Å². The predicted molar refractivity (Wildman–Crippen MR) is 131 cm³/mol. The summed E-state index contributed by atoms with van der Waals surface area (Å²) < 4.78 is 209. The molecule has 0 aliphatic carbocycles. The molecule has 0 aromatic carbocycles. The third-order valence-electron chi connectivity index (χ3n) is 5.93. The Labute approximate surface area is 255 Å². The number of hydrazone groups is 1. The number of halogens is 16. The van der Waals surface area contributed by atoms with Gasteiger partial charge in [0.2, 0.25) is 0 Å². The largest absolute Gasteiger partial charge is 0.433 e. The first-order chi connectivity index (χ1) is 20.4. The van der Waals surface area contributed by atoms with Gasteiger partial charge in [-0.2, -0.15) is 71.0 Å². The van der Waals surface area contributed by atoms with E-state index in [1.807, 2.05) is 22.6 Å². The van der Waals surface area contributed by atoms with Crippen molar-refractivity contribution in [1.82, 2.24) is 9.97 Å². The van der Waals surface area contributed by atoms with Crippen molar-refractivity contribution < 1.29 is 75.7 Å². The van der Waals surface area contributed by atoms with Crippen molar-refractivity contribution in [2.24, 2.45) is 11.0 Å². The van der Waals surface area contributed by atoms with E-state index in [4.69, 9.17) is 4.74 Å². The van der Waals surface area contributed by atoms with Crippen LogP contribution in [0.1, 0.15) is 41.2 Å². The fraction of sp³-hybridized carbons (Fsp3) is 0.522. The maximum Gasteiger partial charge on any atom is 0.433 e. The summed E-state index contributed by atoms with van der Waals surface area (Å²) in [5, 5.41) is 14.0. The van der Waals surface area contributed by atoms with Crippen LogP contribution in [0.25, 0.3) is 0 Å². The number of ether oxygens (including phenoxy) is 1. The number of aliphatic hydroxyl groups excluding tert-OH is 1. The highest BCUT2D eigenvalue weighted by atomic mass is 127. The maximum absolute atomic E-state index is 14.3. The third-order valence-corrected chi connectivity index (χ3v) is 6.70. The Kier molecular flexibility index (Phi) is 10.5. The summed E-state index contributed by atoms with van der Waals surface area (Å²) in [6, 6.07) is -0.674. The lowest BCUT2D eigenvalue weighted by molar-refractivity contribution is -0.235. The fourth-order valence-corrected chi connectivity index (χ4v) is 4.55. The van der Waals surface area contributed by atoms with Crippen LogP contribution < -0.4 is 5.01 Å². The minimum atomic E-state index is -5.63. The van der Waals surface area contributed by atoms with Gasteiger partial charge in [-0.3, -0.25) is 0 Å². The molecule has 0 bridgehead atoms. The van der Waals surface area contributed by atoms with Crippen LogP contribution in [0.5, 0.6) is 0 Å². The molecule has 2 aromatic rings. The number of rotatable bonds is 8. The van der Waals surface area contributed by atoms with Crippen molar-refractivity contribution in [2.45, 2.75) is 56.1 Å². The van der Waals surface area contributed by atoms with Gasteiger partial charge >= 0.3 is 30.9 Å². The molecule has 0 amide bonds. The molecule has 1 aliphatic heterocycles. The van der Waals surface area contributed by atoms with Crippen LogP contribution in [0.2, 0.25) is 0 Å². The number of anilines is 1. The smallest absolute Gasteiger partial charge is 0.371 e. The lowest BCUT2D eigenvalue weighted by atomic mass is 9.89. The highest BCUT2D eigenvalue weighted by Crippen LogP contribution is 2.43. The molecular formula is C23H16F15IN4O2. The Morgan fingerprint density at radius 1 is 0.711 bits per heavy atom. The number of hydrogen-bond donors (Lipinski definition) is 1. The molecule has 45 heavy (non-hydrogen) atoms. The van der Waals surface area contributed by atoms with Crippen molar-refractivity contribution in [3.8, 4) is 0 Å². The van der Waals surface area contributed by atoms with E-state index in [1.165, 1.54) is 0 Å². The summed E-state index contributed by atoms with van der Waals surface area (Å²) in [6.07, 6.45) is -34.0. The fourth-order valence-electron chi connectivity index (χ4n) is 4.01. The monoisotopic (exact) mass is 792 g/mol. The summed E-state index contributed by atoms with van der Waals surface area (Å²) in [5.74, 6) is -2.80. The van der Waals surface area contributed by atoms with Crippen molar-refractivity contribution in [3.63, 3.8) is 0 Å². The molecule has 0 fully saturated rings. The van der Waals surface area contributed by atoms with Gasteiger partial charge in [0.1, 0.15) is 22.8 Å². The van der Waals surface area contributed by atoms with E-state index >= 15 is 0 Å². The molecule has 6 nitrogen and oxygen atoms in total. The van der Waals surface area contributed by atoms with Crippen molar-refractivity contribution in [2.75, 3.05) is 16.0 Å². The van der Waals surface area contributed by atoms with Crippen LogP contribution >= 0.6 is 22.6 Å². The van der Waals surface area contributed by atoms with Gasteiger partial charge < -0.3 is 9.84 Å². The van der Waals surface area contributed by atoms with Gasteiger partial charge in [0.15, 0.2) is 12.3 Å². The molecule has 0 saturated heterocycles. The molecule has 22 heteroatoms. The van der Waals surface area contributed by atoms with Gasteiger partial charge in [-0.25, -0.2) is 15.0 Å². The molecule has 1 aliphatic rings. The molecule has 3 unspecified atom stereocenters. The van der Waals surface area contributed by atoms with Crippen LogP contribution in [0, 0.1) is 5.92 Å². The normalized spacial score (nSPS) is 19.2. The van der Waals surface area contributed by atoms with Crippen LogP contribution in [-0.2, 0) is 29.4 Å². The summed E-state index contributed by atoms with van der Waals surface area (Å²) in [6.45, 7) is -0.729. The Balaban J connectivity index is 2.35. The minimum absolute atomic E-state index is 0.0610. The Bertz CT molecular complexity index is 1320.